The van der Waals surface area contributed by atoms with E-state index in [-0.39, 0.29) is 37.7 Å². The lowest BCUT2D eigenvalue weighted by atomic mass is 10.0. The molecule has 16 nitrogen and oxygen atoms in total. The van der Waals surface area contributed by atoms with Crippen LogP contribution in [0.15, 0.2) is 4.99 Å². The molecule has 0 aromatic carbocycles. The molecule has 0 rings (SSSR count). The van der Waals surface area contributed by atoms with Gasteiger partial charge in [-0.15, -0.1) is 0 Å². The molecule has 0 saturated heterocycles. The van der Waals surface area contributed by atoms with Crippen molar-refractivity contribution in [3.05, 3.63) is 0 Å². The Balaban J connectivity index is 5.09. The molecule has 54 heavy (non-hydrogen) atoms. The van der Waals surface area contributed by atoms with Crippen LogP contribution in [0.5, 0.6) is 0 Å². The normalized spacial score (nSPS) is 14.5. The number of hydrogen-bond acceptors (Lipinski definition) is 9. The number of aliphatic imine (C=N–C) groups is 1. The molecule has 0 fully saturated rings. The lowest BCUT2D eigenvalue weighted by molar-refractivity contribution is -0.136. The monoisotopic (exact) mass is 769 g/mol. The number of nitrogens with zero attached hydrogens (tertiary/aromatic N) is 1. The van der Waals surface area contributed by atoms with Crippen LogP contribution in [-0.2, 0) is 28.8 Å². The average Bonchev–Trinajstić information content (AvgIpc) is 3.10. The third-order valence-corrected chi connectivity index (χ3v) is 9.16. The van der Waals surface area contributed by atoms with Crippen LogP contribution in [0.25, 0.3) is 0 Å². The van der Waals surface area contributed by atoms with Gasteiger partial charge in [-0.25, -0.2) is 0 Å². The molecule has 0 radical (unpaired) electrons. The minimum absolute atomic E-state index is 0.0710. The van der Waals surface area contributed by atoms with Crippen molar-refractivity contribution in [1.82, 2.24) is 26.6 Å². The zero-order chi connectivity index (χ0) is 41.1. The van der Waals surface area contributed by atoms with E-state index in [2.05, 4.69) is 38.5 Å². The Kier molecular flexibility index (Phi) is 27.5. The van der Waals surface area contributed by atoms with Gasteiger partial charge in [0.05, 0.1) is 12.7 Å². The first-order valence-electron chi connectivity index (χ1n) is 19.9. The third-order valence-electron chi connectivity index (χ3n) is 9.16. The molecule has 6 atom stereocenters. The smallest absolute Gasteiger partial charge is 0.245 e. The maximum absolute atomic E-state index is 13.3. The number of carbonyl (C=O) groups excluding carboxylic acids is 6. The standard InChI is InChI=1S/C38H72N8O8/c1-7-8-9-10-11-12-13-14-15-16-17-18-19-22-31(50)45-33(28(6)49)37(54)46-32(25(2)3)36(53)42-26(4)34(51)43-29(21-20-23-41-38(39)40)35(52)44-30(24-47)27(5)48/h25-26,28-30,32-33,47,49H,7-24H2,1-6H3,(H,42,53)(H,43,51)(H,44,52)(H,45,50)(H,46,54)(H4,39,40,41)/t26-,28+,29-,30-,32-,33?/m0/s1. The van der Waals surface area contributed by atoms with Crippen LogP contribution >= 0.6 is 0 Å². The molecule has 0 aliphatic rings. The summed E-state index contributed by atoms with van der Waals surface area (Å²) in [5.74, 6) is -4.36. The van der Waals surface area contributed by atoms with Crippen molar-refractivity contribution >= 4 is 41.3 Å². The van der Waals surface area contributed by atoms with Gasteiger partial charge in [0.25, 0.3) is 0 Å². The summed E-state index contributed by atoms with van der Waals surface area (Å²) in [4.78, 5) is 80.9. The van der Waals surface area contributed by atoms with Gasteiger partial charge in [0, 0.05) is 13.0 Å². The molecule has 0 aliphatic heterocycles. The highest BCUT2D eigenvalue weighted by Crippen LogP contribution is 2.13. The second-order valence-electron chi connectivity index (χ2n) is 14.6. The maximum atomic E-state index is 13.3. The van der Waals surface area contributed by atoms with Crippen molar-refractivity contribution in [3.8, 4) is 0 Å². The SMILES string of the molecule is CCCCCCCCCCCCCCCC(=O)NC(C(=O)N[C@H](C(=O)N[C@@H](C)C(=O)N[C@@H](CCCN=C(N)N)C(=O)N[C@@H](CO)C(C)=O)C(C)C)[C@@H](C)O. The minimum Gasteiger partial charge on any atom is -0.394 e. The predicted octanol–water partition coefficient (Wildman–Crippen LogP) is 1.58. The van der Waals surface area contributed by atoms with E-state index in [1.807, 2.05) is 0 Å². The van der Waals surface area contributed by atoms with E-state index in [0.717, 1.165) is 19.3 Å². The summed E-state index contributed by atoms with van der Waals surface area (Å²) in [5.41, 5.74) is 10.7. The van der Waals surface area contributed by atoms with E-state index in [1.54, 1.807) is 13.8 Å². The van der Waals surface area contributed by atoms with Crippen LogP contribution in [0, 0.1) is 5.92 Å². The average molecular weight is 769 g/mol. The van der Waals surface area contributed by atoms with Gasteiger partial charge in [0.2, 0.25) is 29.5 Å². The number of Topliss-reactive ketones (excluding diaryl/α,β-unsaturated/α-hetero) is 1. The zero-order valence-corrected chi connectivity index (χ0v) is 33.7. The molecular weight excluding hydrogens is 696 g/mol. The van der Waals surface area contributed by atoms with Crippen molar-refractivity contribution in [2.45, 2.75) is 181 Å². The fraction of sp³-hybridized carbons (Fsp3) is 0.816. The van der Waals surface area contributed by atoms with E-state index < -0.39 is 78.2 Å². The summed E-state index contributed by atoms with van der Waals surface area (Å²) in [6.45, 7) is 9.08. The summed E-state index contributed by atoms with van der Waals surface area (Å²) in [6, 6.07) is -5.93. The van der Waals surface area contributed by atoms with Crippen molar-refractivity contribution in [2.24, 2.45) is 22.4 Å². The van der Waals surface area contributed by atoms with Gasteiger partial charge in [0.15, 0.2) is 11.7 Å². The quantitative estimate of drug-likeness (QED) is 0.0279. The second-order valence-corrected chi connectivity index (χ2v) is 14.6. The molecule has 0 saturated carbocycles. The van der Waals surface area contributed by atoms with Crippen LogP contribution in [0.3, 0.4) is 0 Å². The summed E-state index contributed by atoms with van der Waals surface area (Å²) < 4.78 is 0. The summed E-state index contributed by atoms with van der Waals surface area (Å²) >= 11 is 0. The molecule has 0 aromatic rings. The maximum Gasteiger partial charge on any atom is 0.245 e. The van der Waals surface area contributed by atoms with Crippen LogP contribution in [0.1, 0.15) is 144 Å². The van der Waals surface area contributed by atoms with E-state index in [1.165, 1.54) is 78.6 Å². The Morgan fingerprint density at radius 2 is 1.11 bits per heavy atom. The lowest BCUT2D eigenvalue weighted by Crippen LogP contribution is -2.60. The molecule has 0 bridgehead atoms. The van der Waals surface area contributed by atoms with Crippen LogP contribution < -0.4 is 38.1 Å². The molecule has 11 N–H and O–H groups in total. The van der Waals surface area contributed by atoms with E-state index >= 15 is 0 Å². The van der Waals surface area contributed by atoms with Gasteiger partial charge in [-0.3, -0.25) is 33.8 Å². The van der Waals surface area contributed by atoms with Gasteiger partial charge in [-0.05, 0) is 46.0 Å². The van der Waals surface area contributed by atoms with E-state index in [0.29, 0.717) is 6.42 Å². The first-order valence-corrected chi connectivity index (χ1v) is 19.9. The van der Waals surface area contributed by atoms with Crippen LogP contribution in [0.4, 0.5) is 0 Å². The number of rotatable bonds is 31. The molecular formula is C38H72N8O8. The number of guanidine groups is 1. The molecule has 5 amide bonds. The number of carbonyl (C=O) groups is 6. The lowest BCUT2D eigenvalue weighted by Gasteiger charge is -2.28. The first kappa shape index (κ1) is 50.2. The highest BCUT2D eigenvalue weighted by Gasteiger charge is 2.33. The summed E-state index contributed by atoms with van der Waals surface area (Å²) in [7, 11) is 0. The van der Waals surface area contributed by atoms with Gasteiger partial charge in [-0.2, -0.15) is 0 Å². The van der Waals surface area contributed by atoms with Crippen LogP contribution in [0.2, 0.25) is 0 Å². The van der Waals surface area contributed by atoms with Gasteiger partial charge in [-0.1, -0.05) is 97.8 Å². The largest absolute Gasteiger partial charge is 0.394 e. The Labute approximate surface area is 322 Å². The van der Waals surface area contributed by atoms with Crippen molar-refractivity contribution in [2.75, 3.05) is 13.2 Å². The highest BCUT2D eigenvalue weighted by atomic mass is 16.3. The number of nitrogens with one attached hydrogen (secondary N) is 5. The number of unbranched alkanes of at least 4 members (excludes halogenated alkanes) is 12. The molecule has 0 aromatic heterocycles. The highest BCUT2D eigenvalue weighted by molar-refractivity contribution is 5.96. The Hall–Kier alpha value is -3.79. The summed E-state index contributed by atoms with van der Waals surface area (Å²) in [6.07, 6.45) is 14.6. The number of nitrogens with two attached hydrogens (primary N) is 2. The Morgan fingerprint density at radius 3 is 1.57 bits per heavy atom. The van der Waals surface area contributed by atoms with Gasteiger partial charge in [0.1, 0.15) is 30.2 Å². The third kappa shape index (κ3) is 23.1. The fourth-order valence-corrected chi connectivity index (χ4v) is 5.72. The van der Waals surface area contributed by atoms with Gasteiger partial charge < -0.3 is 48.3 Å². The number of hydrogen-bond donors (Lipinski definition) is 9. The van der Waals surface area contributed by atoms with E-state index in [9.17, 15) is 39.0 Å². The number of amides is 5. The number of aliphatic hydroxyl groups excluding tert-OH is 2. The second kappa shape index (κ2) is 29.6. The van der Waals surface area contributed by atoms with Crippen LogP contribution in [-0.4, -0.2) is 101 Å². The fourth-order valence-electron chi connectivity index (χ4n) is 5.72. The number of ketones is 1. The molecule has 0 heterocycles. The Morgan fingerprint density at radius 1 is 0.611 bits per heavy atom. The topological polar surface area (TPSA) is 267 Å². The van der Waals surface area contributed by atoms with Crippen molar-refractivity contribution < 1.29 is 39.0 Å². The molecule has 0 aliphatic carbocycles. The minimum atomic E-state index is -1.30. The first-order chi connectivity index (χ1) is 25.5. The van der Waals surface area contributed by atoms with Crippen molar-refractivity contribution in [3.63, 3.8) is 0 Å². The van der Waals surface area contributed by atoms with Crippen molar-refractivity contribution in [1.29, 1.82) is 0 Å². The summed E-state index contributed by atoms with van der Waals surface area (Å²) in [5, 5.41) is 32.5. The molecule has 0 spiro atoms. The Bertz CT molecular complexity index is 1160. The zero-order valence-electron chi connectivity index (χ0n) is 33.7. The molecule has 16 heteroatoms. The van der Waals surface area contributed by atoms with E-state index in [4.69, 9.17) is 11.5 Å². The molecule has 312 valence electrons. The number of aliphatic hydroxyl groups is 2. The van der Waals surface area contributed by atoms with Gasteiger partial charge >= 0.3 is 0 Å². The predicted molar refractivity (Wildman–Crippen MR) is 210 cm³/mol. The molecule has 1 unspecified atom stereocenters.